The molecule has 0 amide bonds. The van der Waals surface area contributed by atoms with Gasteiger partial charge in [-0.15, -0.1) is 6.42 Å². The monoisotopic (exact) mass is 236 g/mol. The van der Waals surface area contributed by atoms with Gasteiger partial charge >= 0.3 is 0 Å². The van der Waals surface area contributed by atoms with Crippen molar-refractivity contribution in [3.05, 3.63) is 29.3 Å². The topological polar surface area (TPSA) is 58.2 Å². The molecule has 0 fully saturated rings. The summed E-state index contributed by atoms with van der Waals surface area (Å²) in [6.07, 6.45) is 5.02. The lowest BCUT2D eigenvalue weighted by molar-refractivity contribution is 0.586. The van der Waals surface area contributed by atoms with E-state index in [1.807, 2.05) is 6.07 Å². The quantitative estimate of drug-likeness (QED) is 0.737. The molecule has 5 heteroatoms. The number of rotatable bonds is 3. The van der Waals surface area contributed by atoms with E-state index < -0.39 is 10.0 Å². The molecule has 84 valence electrons. The van der Waals surface area contributed by atoms with Crippen molar-refractivity contribution >= 4 is 10.0 Å². The minimum Gasteiger partial charge on any atom is -0.309 e. The van der Waals surface area contributed by atoms with Crippen LogP contribution in [0.1, 0.15) is 11.1 Å². The van der Waals surface area contributed by atoms with Gasteiger partial charge in [0.05, 0.1) is 11.4 Å². The summed E-state index contributed by atoms with van der Waals surface area (Å²) in [5.41, 5.74) is 2.18. The Bertz CT molecular complexity index is 544. The molecule has 0 saturated carbocycles. The molecule has 0 aliphatic carbocycles. The average molecular weight is 236 g/mol. The molecule has 0 unspecified atom stereocenters. The molecule has 0 atom stereocenters. The van der Waals surface area contributed by atoms with Crippen LogP contribution in [0.15, 0.2) is 23.1 Å². The maximum atomic E-state index is 11.8. The fraction of sp³-hybridized carbons (Fsp3) is 0.273. The highest BCUT2D eigenvalue weighted by Crippen LogP contribution is 2.19. The Morgan fingerprint density at radius 2 is 2.12 bits per heavy atom. The van der Waals surface area contributed by atoms with Gasteiger partial charge in [-0.2, -0.15) is 4.72 Å². The molecule has 1 aromatic rings. The molecule has 1 aromatic carbocycles. The molecule has 16 heavy (non-hydrogen) atoms. The van der Waals surface area contributed by atoms with Crippen LogP contribution in [0, 0.1) is 12.3 Å². The van der Waals surface area contributed by atoms with Crippen molar-refractivity contribution in [1.82, 2.24) is 10.0 Å². The van der Waals surface area contributed by atoms with E-state index in [1.54, 1.807) is 12.1 Å². The van der Waals surface area contributed by atoms with Crippen LogP contribution in [-0.4, -0.2) is 15.0 Å². The van der Waals surface area contributed by atoms with Gasteiger partial charge in [0.25, 0.3) is 0 Å². The standard InChI is InChI=1S/C11H12N2O2S/c1-2-5-13-16(14,15)11-4-3-9-7-12-8-10(9)6-11/h1,3-4,6,12-13H,5,7-8H2. The third-order valence-corrected chi connectivity index (χ3v) is 3.88. The van der Waals surface area contributed by atoms with Crippen molar-refractivity contribution in [2.24, 2.45) is 0 Å². The third kappa shape index (κ3) is 2.09. The summed E-state index contributed by atoms with van der Waals surface area (Å²) in [5, 5.41) is 3.16. The maximum Gasteiger partial charge on any atom is 0.241 e. The van der Waals surface area contributed by atoms with Crippen molar-refractivity contribution in [1.29, 1.82) is 0 Å². The summed E-state index contributed by atoms with van der Waals surface area (Å²) in [5.74, 6) is 2.24. The van der Waals surface area contributed by atoms with E-state index in [2.05, 4.69) is 16.0 Å². The number of hydrogen-bond acceptors (Lipinski definition) is 3. The first-order valence-corrected chi connectivity index (χ1v) is 6.37. The minimum atomic E-state index is -3.46. The molecule has 2 rings (SSSR count). The van der Waals surface area contributed by atoms with E-state index in [0.717, 1.165) is 17.7 Å². The molecule has 0 saturated heterocycles. The minimum absolute atomic E-state index is 0.0116. The predicted octanol–water partition coefficient (Wildman–Crippen LogP) is 0.201. The van der Waals surface area contributed by atoms with Gasteiger partial charge in [0, 0.05) is 13.1 Å². The molecule has 1 aliphatic heterocycles. The van der Waals surface area contributed by atoms with Gasteiger partial charge in [0.1, 0.15) is 0 Å². The zero-order chi connectivity index (χ0) is 11.6. The number of hydrogen-bond donors (Lipinski definition) is 2. The molecule has 0 aromatic heterocycles. The zero-order valence-electron chi connectivity index (χ0n) is 8.66. The van der Waals surface area contributed by atoms with Crippen LogP contribution in [0.25, 0.3) is 0 Å². The largest absolute Gasteiger partial charge is 0.309 e. The Morgan fingerprint density at radius 3 is 2.88 bits per heavy atom. The number of nitrogens with one attached hydrogen (secondary N) is 2. The normalized spacial score (nSPS) is 14.4. The van der Waals surface area contributed by atoms with Crippen LogP contribution >= 0.6 is 0 Å². The van der Waals surface area contributed by atoms with Gasteiger partial charge in [-0.25, -0.2) is 8.42 Å². The van der Waals surface area contributed by atoms with E-state index in [9.17, 15) is 8.42 Å². The number of benzene rings is 1. The second-order valence-corrected chi connectivity index (χ2v) is 5.33. The van der Waals surface area contributed by atoms with Gasteiger partial charge in [0.15, 0.2) is 0 Å². The first-order chi connectivity index (χ1) is 7.63. The summed E-state index contributed by atoms with van der Waals surface area (Å²) < 4.78 is 25.9. The van der Waals surface area contributed by atoms with Gasteiger partial charge in [-0.05, 0) is 23.3 Å². The van der Waals surface area contributed by atoms with Gasteiger partial charge in [-0.3, -0.25) is 0 Å². The van der Waals surface area contributed by atoms with Crippen molar-refractivity contribution in [2.45, 2.75) is 18.0 Å². The van der Waals surface area contributed by atoms with Crippen molar-refractivity contribution in [3.8, 4) is 12.3 Å². The number of terminal acetylenes is 1. The number of fused-ring (bicyclic) bond motifs is 1. The van der Waals surface area contributed by atoms with Gasteiger partial charge in [0.2, 0.25) is 10.0 Å². The summed E-state index contributed by atoms with van der Waals surface area (Å²) in [7, 11) is -3.46. The fourth-order valence-corrected chi connectivity index (χ4v) is 2.64. The zero-order valence-corrected chi connectivity index (χ0v) is 9.47. The number of sulfonamides is 1. The van der Waals surface area contributed by atoms with Crippen LogP contribution in [0.2, 0.25) is 0 Å². The van der Waals surface area contributed by atoms with Crippen molar-refractivity contribution in [3.63, 3.8) is 0 Å². The highest BCUT2D eigenvalue weighted by atomic mass is 32.2. The van der Waals surface area contributed by atoms with Crippen LogP contribution < -0.4 is 10.0 Å². The lowest BCUT2D eigenvalue weighted by atomic mass is 10.1. The van der Waals surface area contributed by atoms with Crippen LogP contribution in [0.3, 0.4) is 0 Å². The molecule has 4 nitrogen and oxygen atoms in total. The summed E-state index contributed by atoms with van der Waals surface area (Å²) >= 11 is 0. The first-order valence-electron chi connectivity index (χ1n) is 4.89. The Labute approximate surface area is 95.1 Å². The van der Waals surface area contributed by atoms with E-state index in [-0.39, 0.29) is 11.4 Å². The molecule has 0 bridgehead atoms. The molecular formula is C11H12N2O2S. The van der Waals surface area contributed by atoms with E-state index in [1.165, 1.54) is 0 Å². The summed E-state index contributed by atoms with van der Waals surface area (Å²) in [6, 6.07) is 5.12. The van der Waals surface area contributed by atoms with Crippen molar-refractivity contribution in [2.75, 3.05) is 6.54 Å². The first kappa shape index (κ1) is 11.1. The van der Waals surface area contributed by atoms with E-state index in [4.69, 9.17) is 6.42 Å². The summed E-state index contributed by atoms with van der Waals surface area (Å²) in [6.45, 7) is 1.53. The van der Waals surface area contributed by atoms with Gasteiger partial charge in [-0.1, -0.05) is 12.0 Å². The maximum absolute atomic E-state index is 11.8. The molecule has 0 spiro atoms. The second kappa shape index (κ2) is 4.26. The van der Waals surface area contributed by atoms with Crippen molar-refractivity contribution < 1.29 is 8.42 Å². The second-order valence-electron chi connectivity index (χ2n) is 3.56. The Balaban J connectivity index is 2.32. The predicted molar refractivity (Wildman–Crippen MR) is 61.0 cm³/mol. The average Bonchev–Trinajstić information content (AvgIpc) is 2.73. The highest BCUT2D eigenvalue weighted by Gasteiger charge is 2.17. The SMILES string of the molecule is C#CCNS(=O)(=O)c1ccc2c(c1)CNC2. The highest BCUT2D eigenvalue weighted by molar-refractivity contribution is 7.89. The van der Waals surface area contributed by atoms with Crippen LogP contribution in [-0.2, 0) is 23.1 Å². The molecule has 0 radical (unpaired) electrons. The third-order valence-electron chi connectivity index (χ3n) is 2.48. The van der Waals surface area contributed by atoms with E-state index >= 15 is 0 Å². The molecule has 2 N–H and O–H groups in total. The lowest BCUT2D eigenvalue weighted by Gasteiger charge is -2.05. The Hall–Kier alpha value is -1.35. The van der Waals surface area contributed by atoms with E-state index in [0.29, 0.717) is 6.54 Å². The molecular weight excluding hydrogens is 224 g/mol. The van der Waals surface area contributed by atoms with Gasteiger partial charge < -0.3 is 5.32 Å². The molecule has 1 heterocycles. The van der Waals surface area contributed by atoms with Crippen LogP contribution in [0.4, 0.5) is 0 Å². The summed E-state index contributed by atoms with van der Waals surface area (Å²) in [4.78, 5) is 0.269. The Kier molecular flexibility index (Phi) is 2.97. The smallest absolute Gasteiger partial charge is 0.241 e. The Morgan fingerprint density at radius 1 is 1.38 bits per heavy atom. The molecule has 1 aliphatic rings. The fourth-order valence-electron chi connectivity index (χ4n) is 1.66. The van der Waals surface area contributed by atoms with Crippen LogP contribution in [0.5, 0.6) is 0 Å². The lowest BCUT2D eigenvalue weighted by Crippen LogP contribution is -2.24.